The van der Waals surface area contributed by atoms with Gasteiger partial charge in [-0.1, -0.05) is 109 Å². The summed E-state index contributed by atoms with van der Waals surface area (Å²) in [4.78, 5) is 0. The molecule has 2 aromatic rings. The fraction of sp³-hybridized carbons (Fsp3) is 0.700. The quantitative estimate of drug-likeness (QED) is 0.0877. The predicted molar refractivity (Wildman–Crippen MR) is 220 cm³/mol. The maximum absolute atomic E-state index is 10.9. The van der Waals surface area contributed by atoms with E-state index < -0.39 is 0 Å². The molecule has 5 nitrogen and oxygen atoms in total. The fourth-order valence-corrected chi connectivity index (χ4v) is 5.81. The van der Waals surface area contributed by atoms with Gasteiger partial charge in [0.15, 0.2) is 0 Å². The summed E-state index contributed by atoms with van der Waals surface area (Å²) in [5.74, 6) is 0.889. The molecular formula is C40H72Cl3N3O2. The van der Waals surface area contributed by atoms with Gasteiger partial charge in [0.25, 0.3) is 0 Å². The summed E-state index contributed by atoms with van der Waals surface area (Å²) in [6.07, 6.45) is 9.73. The van der Waals surface area contributed by atoms with Crippen molar-refractivity contribution >= 4 is 48.6 Å². The van der Waals surface area contributed by atoms with Crippen molar-refractivity contribution < 1.29 is 10.2 Å². The molecule has 0 atom stereocenters. The van der Waals surface area contributed by atoms with Gasteiger partial charge in [-0.05, 0) is 84.7 Å². The molecule has 0 radical (unpaired) electrons. The molecule has 0 saturated carbocycles. The van der Waals surface area contributed by atoms with Crippen molar-refractivity contribution in [1.29, 1.82) is 0 Å². The number of halogens is 3. The van der Waals surface area contributed by atoms with E-state index in [2.05, 4.69) is 123 Å². The Bertz CT molecular complexity index is 1040. The highest BCUT2D eigenvalue weighted by atomic mass is 35.5. The second-order valence-electron chi connectivity index (χ2n) is 17.3. The van der Waals surface area contributed by atoms with Gasteiger partial charge in [-0.3, -0.25) is 0 Å². The highest BCUT2D eigenvalue weighted by Crippen LogP contribution is 2.42. The van der Waals surface area contributed by atoms with Crippen LogP contribution in [0.2, 0.25) is 0 Å². The fourth-order valence-electron chi connectivity index (χ4n) is 5.81. The summed E-state index contributed by atoms with van der Waals surface area (Å²) in [6, 6.07) is 8.52. The lowest BCUT2D eigenvalue weighted by Crippen LogP contribution is -2.18. The molecule has 0 saturated heterocycles. The minimum atomic E-state index is -0.103. The van der Waals surface area contributed by atoms with E-state index >= 15 is 0 Å². The van der Waals surface area contributed by atoms with Gasteiger partial charge in [-0.15, -0.1) is 37.2 Å². The minimum Gasteiger partial charge on any atom is -0.507 e. The van der Waals surface area contributed by atoms with E-state index in [4.69, 9.17) is 0 Å². The van der Waals surface area contributed by atoms with Gasteiger partial charge in [-0.2, -0.15) is 0 Å². The Balaban J connectivity index is 0. The molecule has 5 N–H and O–H groups in total. The number of phenolic OH excluding ortho intramolecular Hbond substituents is 2. The van der Waals surface area contributed by atoms with Crippen molar-refractivity contribution in [2.45, 2.75) is 156 Å². The van der Waals surface area contributed by atoms with Crippen LogP contribution in [0.3, 0.4) is 0 Å². The maximum atomic E-state index is 10.9. The molecule has 8 heteroatoms. The van der Waals surface area contributed by atoms with E-state index in [0.29, 0.717) is 11.5 Å². The lowest BCUT2D eigenvalue weighted by Gasteiger charge is -2.28. The number of benzene rings is 2. The van der Waals surface area contributed by atoms with Crippen LogP contribution in [0.5, 0.6) is 11.5 Å². The maximum Gasteiger partial charge on any atom is 0.123 e. The Morgan fingerprint density at radius 1 is 0.396 bits per heavy atom. The first-order chi connectivity index (χ1) is 20.7. The van der Waals surface area contributed by atoms with Crippen molar-refractivity contribution in [2.75, 3.05) is 36.8 Å². The second-order valence-corrected chi connectivity index (χ2v) is 17.3. The first-order valence-electron chi connectivity index (χ1n) is 17.7. The van der Waals surface area contributed by atoms with Crippen molar-refractivity contribution in [1.82, 2.24) is 5.32 Å². The Labute approximate surface area is 313 Å². The molecule has 0 unspecified atom stereocenters. The number of unbranched alkanes of at least 4 members (excludes halogenated alkanes) is 6. The predicted octanol–water partition coefficient (Wildman–Crippen LogP) is 11.8. The smallest absolute Gasteiger partial charge is 0.123 e. The lowest BCUT2D eigenvalue weighted by molar-refractivity contribution is 0.422. The van der Waals surface area contributed by atoms with Crippen LogP contribution in [-0.4, -0.2) is 36.4 Å². The van der Waals surface area contributed by atoms with Gasteiger partial charge < -0.3 is 26.2 Å². The zero-order valence-corrected chi connectivity index (χ0v) is 34.9. The summed E-state index contributed by atoms with van der Waals surface area (Å²) < 4.78 is 0. The Morgan fingerprint density at radius 3 is 0.854 bits per heavy atom. The molecule has 0 spiro atoms. The molecule has 2 aromatic carbocycles. The third kappa shape index (κ3) is 16.0. The molecule has 0 fully saturated rings. The molecular weight excluding hydrogens is 661 g/mol. The van der Waals surface area contributed by atoms with E-state index in [1.54, 1.807) is 0 Å². The molecule has 0 bridgehead atoms. The van der Waals surface area contributed by atoms with Gasteiger partial charge in [-0.25, -0.2) is 0 Å². The topological polar surface area (TPSA) is 76.5 Å². The second kappa shape index (κ2) is 21.0. The molecule has 0 heterocycles. The molecule has 2 rings (SSSR count). The zero-order valence-electron chi connectivity index (χ0n) is 32.4. The summed E-state index contributed by atoms with van der Waals surface area (Å²) >= 11 is 0. The Morgan fingerprint density at radius 2 is 0.625 bits per heavy atom. The van der Waals surface area contributed by atoms with Gasteiger partial charge >= 0.3 is 0 Å². The van der Waals surface area contributed by atoms with Crippen molar-refractivity contribution in [3.63, 3.8) is 0 Å². The van der Waals surface area contributed by atoms with Crippen molar-refractivity contribution in [2.24, 2.45) is 0 Å². The molecule has 0 amide bonds. The molecule has 0 aliphatic carbocycles. The lowest BCUT2D eigenvalue weighted by atomic mass is 9.79. The van der Waals surface area contributed by atoms with E-state index in [1.165, 1.54) is 38.5 Å². The molecule has 0 aliphatic rings. The monoisotopic (exact) mass is 731 g/mol. The summed E-state index contributed by atoms with van der Waals surface area (Å²) in [6.45, 7) is 30.1. The van der Waals surface area contributed by atoms with Gasteiger partial charge in [0, 0.05) is 46.7 Å². The number of aromatic hydroxyl groups is 2. The van der Waals surface area contributed by atoms with Crippen LogP contribution in [-0.2, 0) is 21.7 Å². The van der Waals surface area contributed by atoms with E-state index in [9.17, 15) is 10.2 Å². The average molecular weight is 733 g/mol. The zero-order chi connectivity index (χ0) is 34.1. The van der Waals surface area contributed by atoms with Crippen LogP contribution in [0, 0.1) is 0 Å². The Kier molecular flexibility index (Phi) is 21.2. The van der Waals surface area contributed by atoms with Crippen LogP contribution >= 0.6 is 37.2 Å². The van der Waals surface area contributed by atoms with Crippen LogP contribution in [0.15, 0.2) is 24.3 Å². The summed E-state index contributed by atoms with van der Waals surface area (Å²) in [5, 5.41) is 32.8. The third-order valence-corrected chi connectivity index (χ3v) is 8.67. The number of phenols is 2. The normalized spacial score (nSPS) is 12.1. The number of hydrogen-bond donors (Lipinski definition) is 5. The van der Waals surface area contributed by atoms with Crippen molar-refractivity contribution in [3.8, 4) is 11.5 Å². The average Bonchev–Trinajstić information content (AvgIpc) is 2.89. The third-order valence-electron chi connectivity index (χ3n) is 8.67. The van der Waals surface area contributed by atoms with Crippen LogP contribution in [0.25, 0.3) is 0 Å². The standard InChI is InChI=1S/C40H69N3O2.3ClH/c1-37(2,3)31-25-29(26-32(35(31)44)38(4,5)6)42-23-19-15-13-17-21-41-22-18-14-16-20-24-43-30-27-33(39(7,8)9)36(45)34(28-30)40(10,11)12;;;/h25-28,41-45H,13-24H2,1-12H3;3*1H. The van der Waals surface area contributed by atoms with E-state index in [1.807, 2.05) is 0 Å². The molecule has 0 aliphatic heterocycles. The van der Waals surface area contributed by atoms with Gasteiger partial charge in [0.1, 0.15) is 11.5 Å². The number of anilines is 2. The number of rotatable bonds is 16. The number of hydrogen-bond acceptors (Lipinski definition) is 5. The van der Waals surface area contributed by atoms with Gasteiger partial charge in [0.05, 0.1) is 0 Å². The van der Waals surface area contributed by atoms with Crippen LogP contribution in [0.4, 0.5) is 11.4 Å². The highest BCUT2D eigenvalue weighted by Gasteiger charge is 2.27. The van der Waals surface area contributed by atoms with Crippen LogP contribution in [0.1, 0.15) is 157 Å². The minimum absolute atomic E-state index is 0. The van der Waals surface area contributed by atoms with E-state index in [-0.39, 0.29) is 58.9 Å². The SMILES string of the molecule is CC(C)(C)c1cc(NCCCCCCNCCCCCCNc2cc(C(C)(C)C)c(O)c(C(C)(C)C)c2)cc(C(C)(C)C)c1O.Cl.Cl.Cl. The first-order valence-corrected chi connectivity index (χ1v) is 17.7. The van der Waals surface area contributed by atoms with Gasteiger partial charge in [0.2, 0.25) is 0 Å². The molecule has 0 aromatic heterocycles. The summed E-state index contributed by atoms with van der Waals surface area (Å²) in [5.41, 5.74) is 5.87. The number of nitrogens with one attached hydrogen (secondary N) is 3. The molecule has 280 valence electrons. The Hall–Kier alpha value is -1.53. The highest BCUT2D eigenvalue weighted by molar-refractivity contribution is 5.86. The van der Waals surface area contributed by atoms with Crippen LogP contribution < -0.4 is 16.0 Å². The van der Waals surface area contributed by atoms with E-state index in [0.717, 1.165) is 72.6 Å². The first kappa shape index (κ1) is 48.6. The summed E-state index contributed by atoms with van der Waals surface area (Å²) in [7, 11) is 0. The molecule has 48 heavy (non-hydrogen) atoms. The largest absolute Gasteiger partial charge is 0.507 e. The van der Waals surface area contributed by atoms with Crippen molar-refractivity contribution in [3.05, 3.63) is 46.5 Å².